The van der Waals surface area contributed by atoms with E-state index >= 15 is 0 Å². The van der Waals surface area contributed by atoms with Gasteiger partial charge in [-0.25, -0.2) is 4.98 Å². The number of nitrogens with zero attached hydrogens (tertiary/aromatic N) is 1. The van der Waals surface area contributed by atoms with E-state index in [4.69, 9.17) is 15.2 Å². The average Bonchev–Trinajstić information content (AvgIpc) is 2.94. The van der Waals surface area contributed by atoms with Crippen LogP contribution in [0.3, 0.4) is 0 Å². The van der Waals surface area contributed by atoms with Crippen molar-refractivity contribution in [1.82, 2.24) is 4.98 Å². The van der Waals surface area contributed by atoms with Gasteiger partial charge in [-0.2, -0.15) is 0 Å². The van der Waals surface area contributed by atoms with E-state index in [0.717, 1.165) is 5.56 Å². The Bertz CT molecular complexity index is 640. The number of aromatic nitrogens is 1. The van der Waals surface area contributed by atoms with Crippen LogP contribution in [0.25, 0.3) is 11.3 Å². The summed E-state index contributed by atoms with van der Waals surface area (Å²) in [6.07, 6.45) is 0. The molecule has 0 bridgehead atoms. The Hall–Kier alpha value is -2.12. The van der Waals surface area contributed by atoms with Crippen LogP contribution in [0.4, 0.5) is 5.13 Å². The maximum atomic E-state index is 11.6. The smallest absolute Gasteiger partial charge is 0.242 e. The minimum atomic E-state index is -0.580. The number of rotatable bonds is 5. The molecule has 0 unspecified atom stereocenters. The van der Waals surface area contributed by atoms with Gasteiger partial charge in [0.05, 0.1) is 26.0 Å². The predicted molar refractivity (Wildman–Crippen MR) is 82.9 cm³/mol. The minimum Gasteiger partial charge on any atom is -0.497 e. The molecule has 2 rings (SSSR count). The molecule has 0 fully saturated rings. The van der Waals surface area contributed by atoms with E-state index in [1.54, 1.807) is 21.1 Å². The Labute approximate surface area is 126 Å². The lowest BCUT2D eigenvalue weighted by atomic mass is 10.1. The largest absolute Gasteiger partial charge is 0.497 e. The molecule has 1 aromatic heterocycles. The van der Waals surface area contributed by atoms with Crippen LogP contribution in [0.15, 0.2) is 23.6 Å². The summed E-state index contributed by atoms with van der Waals surface area (Å²) in [5.41, 5.74) is 7.02. The van der Waals surface area contributed by atoms with Gasteiger partial charge in [-0.1, -0.05) is 0 Å². The van der Waals surface area contributed by atoms with Gasteiger partial charge in [-0.05, 0) is 25.1 Å². The van der Waals surface area contributed by atoms with Crippen LogP contribution in [-0.2, 0) is 4.79 Å². The molecule has 1 atom stereocenters. The maximum Gasteiger partial charge on any atom is 0.242 e. The van der Waals surface area contributed by atoms with Crippen molar-refractivity contribution in [3.63, 3.8) is 0 Å². The summed E-state index contributed by atoms with van der Waals surface area (Å²) >= 11 is 1.33. The zero-order valence-corrected chi connectivity index (χ0v) is 12.9. The van der Waals surface area contributed by atoms with E-state index in [0.29, 0.717) is 22.3 Å². The first-order valence-corrected chi connectivity index (χ1v) is 7.17. The lowest BCUT2D eigenvalue weighted by molar-refractivity contribution is -0.117. The lowest BCUT2D eigenvalue weighted by Gasteiger charge is -2.08. The molecule has 1 aromatic carbocycles. The number of thiazole rings is 1. The third-order valence-corrected chi connectivity index (χ3v) is 3.59. The van der Waals surface area contributed by atoms with Crippen molar-refractivity contribution >= 4 is 22.4 Å². The molecule has 112 valence electrons. The van der Waals surface area contributed by atoms with Crippen molar-refractivity contribution < 1.29 is 14.3 Å². The molecule has 7 heteroatoms. The van der Waals surface area contributed by atoms with Gasteiger partial charge >= 0.3 is 0 Å². The molecule has 0 radical (unpaired) electrons. The van der Waals surface area contributed by atoms with Crippen LogP contribution in [0, 0.1) is 0 Å². The van der Waals surface area contributed by atoms with Gasteiger partial charge in [0.25, 0.3) is 0 Å². The number of benzene rings is 1. The molecule has 1 amide bonds. The van der Waals surface area contributed by atoms with Gasteiger partial charge in [0.1, 0.15) is 11.5 Å². The Morgan fingerprint density at radius 3 is 2.76 bits per heavy atom. The van der Waals surface area contributed by atoms with Gasteiger partial charge in [0.15, 0.2) is 5.13 Å². The number of ether oxygens (including phenoxy) is 2. The van der Waals surface area contributed by atoms with E-state index < -0.39 is 6.04 Å². The summed E-state index contributed by atoms with van der Waals surface area (Å²) < 4.78 is 10.5. The average molecular weight is 307 g/mol. The number of carbonyl (C=O) groups excluding carboxylic acids is 1. The summed E-state index contributed by atoms with van der Waals surface area (Å²) in [5.74, 6) is 1.12. The first kappa shape index (κ1) is 15.3. The number of amides is 1. The molecular formula is C14H17N3O3S. The Kier molecular flexibility index (Phi) is 4.77. The summed E-state index contributed by atoms with van der Waals surface area (Å²) in [6.45, 7) is 1.62. The van der Waals surface area contributed by atoms with Crippen molar-refractivity contribution in [3.8, 4) is 22.8 Å². The number of methoxy groups -OCH3 is 2. The number of carbonyl (C=O) groups is 1. The quantitative estimate of drug-likeness (QED) is 0.883. The van der Waals surface area contributed by atoms with Gasteiger partial charge in [0.2, 0.25) is 5.91 Å². The summed E-state index contributed by atoms with van der Waals surface area (Å²) in [6, 6.07) is 4.88. The maximum absolute atomic E-state index is 11.6. The molecule has 0 saturated carbocycles. The van der Waals surface area contributed by atoms with Crippen molar-refractivity contribution in [2.45, 2.75) is 13.0 Å². The minimum absolute atomic E-state index is 0.270. The van der Waals surface area contributed by atoms with Crippen molar-refractivity contribution in [2.24, 2.45) is 5.73 Å². The fourth-order valence-electron chi connectivity index (χ4n) is 1.69. The lowest BCUT2D eigenvalue weighted by Crippen LogP contribution is -2.32. The molecule has 0 saturated heterocycles. The standard InChI is InChI=1S/C14H17N3O3S/c1-8(15)13(18)17-14-16-11(7-21-14)10-6-9(19-2)4-5-12(10)20-3/h4-8H,15H2,1-3H3,(H,16,17,18)/t8-/m0/s1. The SMILES string of the molecule is COc1ccc(OC)c(-c2csc(NC(=O)[C@H](C)N)n2)c1. The highest BCUT2D eigenvalue weighted by Gasteiger charge is 2.14. The molecule has 6 nitrogen and oxygen atoms in total. The van der Waals surface area contributed by atoms with Crippen molar-refractivity contribution in [2.75, 3.05) is 19.5 Å². The molecule has 0 aliphatic heterocycles. The molecule has 3 N–H and O–H groups in total. The van der Waals surface area contributed by atoms with E-state index in [9.17, 15) is 4.79 Å². The zero-order valence-electron chi connectivity index (χ0n) is 12.0. The van der Waals surface area contributed by atoms with Crippen molar-refractivity contribution in [1.29, 1.82) is 0 Å². The van der Waals surface area contributed by atoms with Crippen LogP contribution >= 0.6 is 11.3 Å². The second kappa shape index (κ2) is 6.55. The van der Waals surface area contributed by atoms with E-state index in [2.05, 4.69) is 10.3 Å². The van der Waals surface area contributed by atoms with E-state index in [1.165, 1.54) is 11.3 Å². The Morgan fingerprint density at radius 1 is 1.38 bits per heavy atom. The second-order valence-electron chi connectivity index (χ2n) is 4.38. The van der Waals surface area contributed by atoms with Crippen LogP contribution in [0.1, 0.15) is 6.92 Å². The molecule has 0 aliphatic carbocycles. The Balaban J connectivity index is 2.30. The molecule has 21 heavy (non-hydrogen) atoms. The molecule has 0 aliphatic rings. The van der Waals surface area contributed by atoms with Crippen LogP contribution < -0.4 is 20.5 Å². The first-order chi connectivity index (χ1) is 10.0. The summed E-state index contributed by atoms with van der Waals surface area (Å²) in [4.78, 5) is 15.9. The fraction of sp³-hybridized carbons (Fsp3) is 0.286. The number of nitrogens with one attached hydrogen (secondary N) is 1. The highest BCUT2D eigenvalue weighted by atomic mass is 32.1. The predicted octanol–water partition coefficient (Wildman–Crippen LogP) is 2.11. The summed E-state index contributed by atoms with van der Waals surface area (Å²) in [5, 5.41) is 5.01. The van der Waals surface area contributed by atoms with Crippen LogP contribution in [-0.4, -0.2) is 31.2 Å². The van der Waals surface area contributed by atoms with E-state index in [-0.39, 0.29) is 5.91 Å². The highest BCUT2D eigenvalue weighted by molar-refractivity contribution is 7.14. The summed E-state index contributed by atoms with van der Waals surface area (Å²) in [7, 11) is 3.19. The highest BCUT2D eigenvalue weighted by Crippen LogP contribution is 2.34. The topological polar surface area (TPSA) is 86.5 Å². The molecule has 0 spiro atoms. The Morgan fingerprint density at radius 2 is 2.14 bits per heavy atom. The molecule has 1 heterocycles. The third-order valence-electron chi connectivity index (χ3n) is 2.83. The fourth-order valence-corrected chi connectivity index (χ4v) is 2.40. The number of hydrogen-bond acceptors (Lipinski definition) is 6. The number of anilines is 1. The third kappa shape index (κ3) is 3.50. The van der Waals surface area contributed by atoms with Crippen LogP contribution in [0.2, 0.25) is 0 Å². The van der Waals surface area contributed by atoms with Gasteiger partial charge < -0.3 is 20.5 Å². The van der Waals surface area contributed by atoms with Crippen molar-refractivity contribution in [3.05, 3.63) is 23.6 Å². The first-order valence-electron chi connectivity index (χ1n) is 6.29. The van der Waals surface area contributed by atoms with E-state index in [1.807, 2.05) is 23.6 Å². The molecule has 2 aromatic rings. The van der Waals surface area contributed by atoms with Gasteiger partial charge in [-0.3, -0.25) is 4.79 Å². The monoisotopic (exact) mass is 307 g/mol. The normalized spacial score (nSPS) is 11.8. The number of nitrogens with two attached hydrogens (primary N) is 1. The van der Waals surface area contributed by atoms with Gasteiger partial charge in [0, 0.05) is 10.9 Å². The van der Waals surface area contributed by atoms with Crippen LogP contribution in [0.5, 0.6) is 11.5 Å². The molecular weight excluding hydrogens is 290 g/mol. The second-order valence-corrected chi connectivity index (χ2v) is 5.24. The van der Waals surface area contributed by atoms with Gasteiger partial charge in [-0.15, -0.1) is 11.3 Å². The number of hydrogen-bond donors (Lipinski definition) is 2. The zero-order chi connectivity index (χ0) is 15.4.